The molecule has 5 heterocycles. The first kappa shape index (κ1) is 25.2. The fourth-order valence-corrected chi connectivity index (χ4v) is 7.52. The third-order valence-corrected chi connectivity index (χ3v) is 10.5. The lowest BCUT2D eigenvalue weighted by atomic mass is 9.95. The average Bonchev–Trinajstić information content (AvgIpc) is 3.65. The number of aromatic nitrogens is 4. The number of fused-ring (bicyclic) bond motifs is 1. The number of likely N-dealkylation sites (N-methyl/N-ethyl adjacent to an activating group) is 1. The fraction of sp³-hybridized carbons (Fsp3) is 0.429. The van der Waals surface area contributed by atoms with Crippen molar-refractivity contribution in [1.29, 1.82) is 0 Å². The number of carbonyl (C=O) groups is 2. The molecule has 3 aliphatic heterocycles. The van der Waals surface area contributed by atoms with Gasteiger partial charge in [-0.2, -0.15) is 14.5 Å². The van der Waals surface area contributed by atoms with Gasteiger partial charge in [0.25, 0.3) is 15.9 Å². The Kier molecular flexibility index (Phi) is 5.76. The van der Waals surface area contributed by atoms with Gasteiger partial charge >= 0.3 is 0 Å². The number of hydrogen-bond acceptors (Lipinski definition) is 6. The van der Waals surface area contributed by atoms with Crippen LogP contribution in [0.2, 0.25) is 0 Å². The second-order valence-electron chi connectivity index (χ2n) is 11.0. The average molecular weight is 562 g/mol. The van der Waals surface area contributed by atoms with E-state index < -0.39 is 16.1 Å². The van der Waals surface area contributed by atoms with E-state index >= 15 is 0 Å². The smallest absolute Gasteiger partial charge is 0.274 e. The summed E-state index contributed by atoms with van der Waals surface area (Å²) < 4.78 is 30.3. The van der Waals surface area contributed by atoms with Crippen molar-refractivity contribution in [2.45, 2.75) is 49.2 Å². The van der Waals surface area contributed by atoms with Crippen LogP contribution in [0.5, 0.6) is 0 Å². The van der Waals surface area contributed by atoms with Crippen molar-refractivity contribution >= 4 is 21.8 Å². The number of nitrogens with zero attached hydrogens (tertiary/aromatic N) is 7. The summed E-state index contributed by atoms with van der Waals surface area (Å²) in [5.41, 5.74) is 5.33. The highest BCUT2D eigenvalue weighted by Gasteiger charge is 2.41. The quantitative estimate of drug-likeness (QED) is 0.450. The minimum absolute atomic E-state index is 0.0229. The van der Waals surface area contributed by atoms with E-state index in [1.54, 1.807) is 9.80 Å². The van der Waals surface area contributed by atoms with Crippen molar-refractivity contribution in [2.24, 2.45) is 0 Å². The maximum atomic E-state index is 14.0. The summed E-state index contributed by atoms with van der Waals surface area (Å²) in [6, 6.07) is 9.53. The summed E-state index contributed by atoms with van der Waals surface area (Å²) in [6.07, 6.45) is 4.94. The number of hydrogen-bond donors (Lipinski definition) is 0. The van der Waals surface area contributed by atoms with Gasteiger partial charge in [-0.3, -0.25) is 14.3 Å². The van der Waals surface area contributed by atoms with Crippen LogP contribution in [0.3, 0.4) is 0 Å². The molecule has 4 aliphatic rings. The van der Waals surface area contributed by atoms with Crippen LogP contribution in [-0.2, 0) is 34.2 Å². The molecule has 7 rings (SSSR count). The third kappa shape index (κ3) is 3.92. The van der Waals surface area contributed by atoms with E-state index in [1.165, 1.54) is 46.6 Å². The van der Waals surface area contributed by atoms with Gasteiger partial charge in [-0.25, -0.2) is 13.1 Å². The molecule has 11 nitrogen and oxygen atoms in total. The predicted molar refractivity (Wildman–Crippen MR) is 146 cm³/mol. The van der Waals surface area contributed by atoms with E-state index in [0.717, 1.165) is 22.6 Å². The molecule has 0 spiro atoms. The molecule has 1 aromatic carbocycles. The van der Waals surface area contributed by atoms with Crippen LogP contribution in [-0.4, -0.2) is 87.1 Å². The summed E-state index contributed by atoms with van der Waals surface area (Å²) in [4.78, 5) is 30.1. The van der Waals surface area contributed by atoms with Gasteiger partial charge in [0, 0.05) is 57.7 Å². The van der Waals surface area contributed by atoms with Gasteiger partial charge in [0.15, 0.2) is 10.7 Å². The zero-order valence-corrected chi connectivity index (χ0v) is 23.2. The molecule has 40 heavy (non-hydrogen) atoms. The van der Waals surface area contributed by atoms with Crippen LogP contribution >= 0.6 is 0 Å². The summed E-state index contributed by atoms with van der Waals surface area (Å²) in [7, 11) is -2.18. The Bertz CT molecular complexity index is 1650. The number of carbonyl (C=O) groups excluding carboxylic acids is 2. The zero-order chi connectivity index (χ0) is 27.8. The first-order valence-corrected chi connectivity index (χ1v) is 15.2. The van der Waals surface area contributed by atoms with Gasteiger partial charge in [0.2, 0.25) is 5.91 Å². The van der Waals surface area contributed by atoms with E-state index in [2.05, 4.69) is 35.9 Å². The van der Waals surface area contributed by atoms with E-state index in [1.807, 2.05) is 4.68 Å². The van der Waals surface area contributed by atoms with E-state index in [0.29, 0.717) is 51.5 Å². The number of rotatable bonds is 4. The number of benzene rings is 1. The molecule has 12 heteroatoms. The largest absolute Gasteiger partial charge is 0.336 e. The second-order valence-corrected chi connectivity index (χ2v) is 13.0. The normalized spacial score (nSPS) is 21.9. The Labute approximate surface area is 232 Å². The molecular formula is C28H31N7O4S. The first-order chi connectivity index (χ1) is 19.3. The summed E-state index contributed by atoms with van der Waals surface area (Å²) in [5.74, 6) is 0.124. The molecule has 0 saturated heterocycles. The van der Waals surface area contributed by atoms with Crippen LogP contribution in [0.1, 0.15) is 57.8 Å². The van der Waals surface area contributed by atoms with Gasteiger partial charge in [0.05, 0.1) is 29.7 Å². The zero-order valence-electron chi connectivity index (χ0n) is 22.4. The molecule has 2 amide bonds. The molecule has 0 radical (unpaired) electrons. The highest BCUT2D eigenvalue weighted by molar-refractivity contribution is 7.89. The maximum absolute atomic E-state index is 14.0. The van der Waals surface area contributed by atoms with Crippen LogP contribution in [0.15, 0.2) is 48.0 Å². The molecule has 0 bridgehead atoms. The molecule has 0 N–H and O–H groups in total. The topological polar surface area (TPSA) is 114 Å². The Morgan fingerprint density at radius 2 is 1.80 bits per heavy atom. The van der Waals surface area contributed by atoms with Crippen LogP contribution in [0, 0.1) is 0 Å². The molecular weight excluding hydrogens is 530 g/mol. The predicted octanol–water partition coefficient (Wildman–Crippen LogP) is 1.89. The molecule has 1 atom stereocenters. The summed E-state index contributed by atoms with van der Waals surface area (Å²) in [6.45, 7) is 5.50. The lowest BCUT2D eigenvalue weighted by Crippen LogP contribution is -2.46. The van der Waals surface area contributed by atoms with Crippen molar-refractivity contribution in [3.05, 3.63) is 71.2 Å². The maximum Gasteiger partial charge on any atom is 0.274 e. The second kappa shape index (κ2) is 9.13. The highest BCUT2D eigenvalue weighted by atomic mass is 32.2. The van der Waals surface area contributed by atoms with Gasteiger partial charge in [-0.15, -0.1) is 0 Å². The Morgan fingerprint density at radius 1 is 1.02 bits per heavy atom. The first-order valence-electron chi connectivity index (χ1n) is 13.7. The number of amides is 2. The third-order valence-electron chi connectivity index (χ3n) is 8.61. The van der Waals surface area contributed by atoms with Gasteiger partial charge in [-0.05, 0) is 42.5 Å². The van der Waals surface area contributed by atoms with Gasteiger partial charge in [0.1, 0.15) is 0 Å². The fourth-order valence-electron chi connectivity index (χ4n) is 6.22. The summed E-state index contributed by atoms with van der Waals surface area (Å²) in [5, 5.41) is 9.43. The van der Waals surface area contributed by atoms with Crippen molar-refractivity contribution in [3.8, 4) is 5.69 Å². The van der Waals surface area contributed by atoms with E-state index in [4.69, 9.17) is 5.10 Å². The Morgan fingerprint density at radius 3 is 2.52 bits per heavy atom. The molecule has 1 saturated carbocycles. The minimum atomic E-state index is -3.70. The van der Waals surface area contributed by atoms with Crippen LogP contribution in [0.4, 0.5) is 0 Å². The molecule has 1 aliphatic carbocycles. The Balaban J connectivity index is 1.27. The van der Waals surface area contributed by atoms with E-state index in [-0.39, 0.29) is 22.5 Å². The highest BCUT2D eigenvalue weighted by Crippen LogP contribution is 2.41. The monoisotopic (exact) mass is 561 g/mol. The number of sulfonamides is 1. The van der Waals surface area contributed by atoms with Gasteiger partial charge in [-0.1, -0.05) is 18.7 Å². The SMILES string of the molecule is C=CC(=O)N1CCc2nn(-c3ccc(C4CC4)cc3)c3c2[C@@H](C1)N(C(=O)c1cc2n(n1)CCN(C)S2(=O)=O)CC3. The van der Waals surface area contributed by atoms with Crippen molar-refractivity contribution in [1.82, 2.24) is 33.7 Å². The van der Waals surface area contributed by atoms with Crippen molar-refractivity contribution in [2.75, 3.05) is 33.2 Å². The lowest BCUT2D eigenvalue weighted by molar-refractivity contribution is -0.126. The minimum Gasteiger partial charge on any atom is -0.336 e. The Hall–Kier alpha value is -3.77. The molecule has 1 fully saturated rings. The van der Waals surface area contributed by atoms with E-state index in [9.17, 15) is 18.0 Å². The standard InChI is InChI=1S/C28H31N7O4S/c1-3-25(36)32-12-10-21-27-23(35(30-21)20-8-6-19(7-9-20)18-4-5-18)11-13-33(24(27)17-32)28(37)22-16-26-34(29-22)15-14-31(2)40(26,38)39/h3,6-9,16,18,24H,1,4-5,10-15,17H2,2H3/t24-/m1/s1. The van der Waals surface area contributed by atoms with Crippen molar-refractivity contribution < 1.29 is 18.0 Å². The summed E-state index contributed by atoms with van der Waals surface area (Å²) >= 11 is 0. The van der Waals surface area contributed by atoms with Crippen LogP contribution < -0.4 is 0 Å². The molecule has 2 aromatic heterocycles. The molecule has 208 valence electrons. The van der Waals surface area contributed by atoms with Gasteiger partial charge < -0.3 is 9.80 Å². The van der Waals surface area contributed by atoms with Crippen LogP contribution in [0.25, 0.3) is 5.69 Å². The molecule has 0 unspecified atom stereocenters. The molecule has 3 aromatic rings. The van der Waals surface area contributed by atoms with Crippen molar-refractivity contribution in [3.63, 3.8) is 0 Å². The lowest BCUT2D eigenvalue weighted by Gasteiger charge is -2.37.